The number of benzene rings is 1. The molecule has 1 aromatic rings. The fourth-order valence-electron chi connectivity index (χ4n) is 1.81. The number of unbranched alkanes of at least 4 members (excludes halogenated alkanes) is 1. The number of carboxylic acid groups (broad SMARTS) is 1. The lowest BCUT2D eigenvalue weighted by Gasteiger charge is -2.24. The Morgan fingerprint density at radius 1 is 1.20 bits per heavy atom. The number of alkyl halides is 3. The third-order valence-electron chi connectivity index (χ3n) is 2.94. The highest BCUT2D eigenvalue weighted by molar-refractivity contribution is 5.67. The molecular formula is C14H18F3NO2. The van der Waals surface area contributed by atoms with Crippen molar-refractivity contribution in [3.63, 3.8) is 0 Å². The molecule has 0 amide bonds. The predicted molar refractivity (Wildman–Crippen MR) is 70.8 cm³/mol. The fraction of sp³-hybridized carbons (Fsp3) is 0.500. The van der Waals surface area contributed by atoms with E-state index in [0.717, 1.165) is 25.0 Å². The quantitative estimate of drug-likeness (QED) is 0.830. The molecule has 0 saturated carbocycles. The SMILES string of the molecule is CCCCN(CCC(=O)O)c1ccc(C(F)(F)F)cc1. The van der Waals surface area contributed by atoms with Crippen molar-refractivity contribution in [2.75, 3.05) is 18.0 Å². The highest BCUT2D eigenvalue weighted by Gasteiger charge is 2.30. The Morgan fingerprint density at radius 3 is 2.25 bits per heavy atom. The summed E-state index contributed by atoms with van der Waals surface area (Å²) in [7, 11) is 0. The first-order chi connectivity index (χ1) is 9.34. The molecule has 0 aliphatic carbocycles. The van der Waals surface area contributed by atoms with Crippen molar-refractivity contribution in [3.05, 3.63) is 29.8 Å². The summed E-state index contributed by atoms with van der Waals surface area (Å²) in [5.74, 6) is -0.918. The van der Waals surface area contributed by atoms with Crippen molar-refractivity contribution < 1.29 is 23.1 Å². The second-order valence-electron chi connectivity index (χ2n) is 4.53. The van der Waals surface area contributed by atoms with Gasteiger partial charge in [-0.25, -0.2) is 0 Å². The highest BCUT2D eigenvalue weighted by atomic mass is 19.4. The molecule has 0 spiro atoms. The number of anilines is 1. The molecule has 0 bridgehead atoms. The Hall–Kier alpha value is -1.72. The van der Waals surface area contributed by atoms with Crippen LogP contribution in [0, 0.1) is 0 Å². The lowest BCUT2D eigenvalue weighted by atomic mass is 10.1. The van der Waals surface area contributed by atoms with Crippen molar-refractivity contribution in [3.8, 4) is 0 Å². The van der Waals surface area contributed by atoms with Gasteiger partial charge in [0.15, 0.2) is 0 Å². The first-order valence-electron chi connectivity index (χ1n) is 6.48. The number of hydrogen-bond donors (Lipinski definition) is 1. The van der Waals surface area contributed by atoms with Crippen LogP contribution >= 0.6 is 0 Å². The van der Waals surface area contributed by atoms with Crippen molar-refractivity contribution in [2.24, 2.45) is 0 Å². The van der Waals surface area contributed by atoms with Crippen LogP contribution in [0.15, 0.2) is 24.3 Å². The van der Waals surface area contributed by atoms with E-state index in [9.17, 15) is 18.0 Å². The van der Waals surface area contributed by atoms with E-state index in [1.165, 1.54) is 12.1 Å². The van der Waals surface area contributed by atoms with Crippen LogP contribution in [0.4, 0.5) is 18.9 Å². The molecule has 0 saturated heterocycles. The summed E-state index contributed by atoms with van der Waals surface area (Å²) in [6.45, 7) is 2.93. The molecule has 0 heterocycles. The standard InChI is InChI=1S/C14H18F3NO2/c1-2-3-9-18(10-8-13(19)20)12-6-4-11(5-7-12)14(15,16)17/h4-7H,2-3,8-10H2,1H3,(H,19,20). The number of rotatable bonds is 7. The van der Waals surface area contributed by atoms with Gasteiger partial charge in [0.2, 0.25) is 0 Å². The first kappa shape index (κ1) is 16.3. The molecule has 20 heavy (non-hydrogen) atoms. The summed E-state index contributed by atoms with van der Waals surface area (Å²) in [5, 5.41) is 8.71. The smallest absolute Gasteiger partial charge is 0.416 e. The van der Waals surface area contributed by atoms with E-state index in [0.29, 0.717) is 18.8 Å². The molecule has 1 N–H and O–H groups in total. The third kappa shape index (κ3) is 5.11. The van der Waals surface area contributed by atoms with E-state index in [-0.39, 0.29) is 6.42 Å². The number of halogens is 3. The monoisotopic (exact) mass is 289 g/mol. The Labute approximate surface area is 116 Å². The molecule has 6 heteroatoms. The summed E-state index contributed by atoms with van der Waals surface area (Å²) >= 11 is 0. The molecule has 3 nitrogen and oxygen atoms in total. The predicted octanol–water partition coefficient (Wildman–Crippen LogP) is 3.79. The molecule has 112 valence electrons. The normalized spacial score (nSPS) is 11.4. The minimum Gasteiger partial charge on any atom is -0.481 e. The van der Waals surface area contributed by atoms with Crippen LogP contribution in [0.3, 0.4) is 0 Å². The highest BCUT2D eigenvalue weighted by Crippen LogP contribution is 2.30. The van der Waals surface area contributed by atoms with Gasteiger partial charge in [0.25, 0.3) is 0 Å². The largest absolute Gasteiger partial charge is 0.481 e. The minimum atomic E-state index is -4.35. The van der Waals surface area contributed by atoms with Gasteiger partial charge in [-0.05, 0) is 30.7 Å². The van der Waals surface area contributed by atoms with Gasteiger partial charge in [-0.3, -0.25) is 4.79 Å². The van der Waals surface area contributed by atoms with Gasteiger partial charge >= 0.3 is 12.1 Å². The van der Waals surface area contributed by atoms with Crippen LogP contribution in [-0.2, 0) is 11.0 Å². The first-order valence-corrected chi connectivity index (χ1v) is 6.48. The molecule has 0 aliphatic heterocycles. The Kier molecular flexibility index (Phi) is 5.85. The molecule has 0 aromatic heterocycles. The van der Waals surface area contributed by atoms with Gasteiger partial charge in [0.05, 0.1) is 12.0 Å². The van der Waals surface area contributed by atoms with Gasteiger partial charge in [0, 0.05) is 18.8 Å². The number of carboxylic acids is 1. The zero-order valence-corrected chi connectivity index (χ0v) is 11.3. The van der Waals surface area contributed by atoms with Crippen LogP contribution in [-0.4, -0.2) is 24.2 Å². The maximum atomic E-state index is 12.5. The van der Waals surface area contributed by atoms with Gasteiger partial charge in [-0.1, -0.05) is 13.3 Å². The van der Waals surface area contributed by atoms with E-state index >= 15 is 0 Å². The number of hydrogen-bond acceptors (Lipinski definition) is 2. The van der Waals surface area contributed by atoms with E-state index in [1.54, 1.807) is 4.90 Å². The lowest BCUT2D eigenvalue weighted by Crippen LogP contribution is -2.27. The minimum absolute atomic E-state index is 0.0370. The molecule has 0 aliphatic rings. The molecular weight excluding hydrogens is 271 g/mol. The van der Waals surface area contributed by atoms with Gasteiger partial charge in [-0.15, -0.1) is 0 Å². The Morgan fingerprint density at radius 2 is 1.80 bits per heavy atom. The van der Waals surface area contributed by atoms with Crippen LogP contribution in [0.5, 0.6) is 0 Å². The number of nitrogens with zero attached hydrogens (tertiary/aromatic N) is 1. The zero-order valence-electron chi connectivity index (χ0n) is 11.3. The van der Waals surface area contributed by atoms with Crippen molar-refractivity contribution in [2.45, 2.75) is 32.4 Å². The maximum absolute atomic E-state index is 12.5. The average molecular weight is 289 g/mol. The molecule has 0 radical (unpaired) electrons. The second-order valence-corrected chi connectivity index (χ2v) is 4.53. The topological polar surface area (TPSA) is 40.5 Å². The van der Waals surface area contributed by atoms with E-state index in [2.05, 4.69) is 0 Å². The van der Waals surface area contributed by atoms with E-state index in [4.69, 9.17) is 5.11 Å². The van der Waals surface area contributed by atoms with E-state index < -0.39 is 17.7 Å². The van der Waals surface area contributed by atoms with Crippen LogP contribution < -0.4 is 4.90 Å². The molecule has 1 rings (SSSR count). The third-order valence-corrected chi connectivity index (χ3v) is 2.94. The van der Waals surface area contributed by atoms with Crippen LogP contribution in [0.2, 0.25) is 0 Å². The summed E-state index contributed by atoms with van der Waals surface area (Å²) in [5.41, 5.74) is -0.0809. The fourth-order valence-corrected chi connectivity index (χ4v) is 1.81. The summed E-state index contributed by atoms with van der Waals surface area (Å²) in [6.07, 6.45) is -2.59. The van der Waals surface area contributed by atoms with Crippen molar-refractivity contribution in [1.29, 1.82) is 0 Å². The summed E-state index contributed by atoms with van der Waals surface area (Å²) < 4.78 is 37.5. The Bertz CT molecular complexity index is 429. The van der Waals surface area contributed by atoms with Gasteiger partial charge < -0.3 is 10.0 Å². The average Bonchev–Trinajstić information content (AvgIpc) is 2.38. The number of aliphatic carboxylic acids is 1. The van der Waals surface area contributed by atoms with Crippen molar-refractivity contribution >= 4 is 11.7 Å². The van der Waals surface area contributed by atoms with Gasteiger partial charge in [0.1, 0.15) is 0 Å². The molecule has 0 atom stereocenters. The summed E-state index contributed by atoms with van der Waals surface area (Å²) in [6, 6.07) is 4.82. The molecule has 1 aromatic carbocycles. The lowest BCUT2D eigenvalue weighted by molar-refractivity contribution is -0.138. The summed E-state index contributed by atoms with van der Waals surface area (Å²) in [4.78, 5) is 12.4. The Balaban J connectivity index is 2.81. The van der Waals surface area contributed by atoms with Crippen molar-refractivity contribution in [1.82, 2.24) is 0 Å². The number of carbonyl (C=O) groups is 1. The molecule has 0 fully saturated rings. The van der Waals surface area contributed by atoms with Crippen LogP contribution in [0.1, 0.15) is 31.7 Å². The van der Waals surface area contributed by atoms with Gasteiger partial charge in [-0.2, -0.15) is 13.2 Å². The molecule has 0 unspecified atom stereocenters. The van der Waals surface area contributed by atoms with E-state index in [1.807, 2.05) is 6.92 Å². The van der Waals surface area contributed by atoms with Crippen LogP contribution in [0.25, 0.3) is 0 Å². The zero-order chi connectivity index (χ0) is 15.2. The second kappa shape index (κ2) is 7.17. The maximum Gasteiger partial charge on any atom is 0.416 e.